The fraction of sp³-hybridized carbons (Fsp3) is 0.100. The van der Waals surface area contributed by atoms with Crippen molar-refractivity contribution in [2.75, 3.05) is 0 Å². The molecule has 0 amide bonds. The van der Waals surface area contributed by atoms with Crippen LogP contribution in [0.3, 0.4) is 0 Å². The number of para-hydroxylation sites is 2. The van der Waals surface area contributed by atoms with Gasteiger partial charge in [0, 0.05) is 58.6 Å². The number of allylic oxidation sites excluding steroid dienone is 5. The van der Waals surface area contributed by atoms with E-state index >= 15 is 0 Å². The molecule has 0 atom stereocenters. The first kappa shape index (κ1) is 27.4. The van der Waals surface area contributed by atoms with E-state index in [0.29, 0.717) is 0 Å². The molecule has 0 fully saturated rings. The molecule has 7 rings (SSSR count). The van der Waals surface area contributed by atoms with E-state index in [4.69, 9.17) is 0 Å². The van der Waals surface area contributed by atoms with Crippen LogP contribution >= 0.6 is 0 Å². The van der Waals surface area contributed by atoms with Gasteiger partial charge in [-0.05, 0) is 68.3 Å². The van der Waals surface area contributed by atoms with Crippen molar-refractivity contribution in [2.45, 2.75) is 27.7 Å². The van der Waals surface area contributed by atoms with E-state index in [2.05, 4.69) is 69.8 Å². The molecule has 0 spiro atoms. The van der Waals surface area contributed by atoms with Gasteiger partial charge in [-0.3, -0.25) is 4.79 Å². The van der Waals surface area contributed by atoms with Gasteiger partial charge in [0.15, 0.2) is 11.5 Å². The van der Waals surface area contributed by atoms with Gasteiger partial charge in [-0.15, -0.1) is 0 Å². The Morgan fingerprint density at radius 3 is 1.98 bits per heavy atom. The third-order valence-electron chi connectivity index (χ3n) is 8.65. The maximum atomic E-state index is 14.2. The predicted octanol–water partition coefficient (Wildman–Crippen LogP) is 8.42. The molecule has 2 heterocycles. The lowest BCUT2D eigenvalue weighted by atomic mass is 9.78. The van der Waals surface area contributed by atoms with Crippen molar-refractivity contribution in [2.24, 2.45) is 0 Å². The second-order valence-electron chi connectivity index (χ2n) is 11.2. The standard InChI is InChI=1S/C40H32N2O2/c1-5-11-27-17-21-29(22-18-27)41-25(3)35(31-13-7-9-15-33(31)41)37-39(43)38(40(37)44)36-26(4)42(34-16-10-8-14-32(34)36)30-23-19-28(12-6-2)20-24-30/h5-24H,1-4H3/b11-5+,12-6+. The number of benzene rings is 4. The van der Waals surface area contributed by atoms with Gasteiger partial charge < -0.3 is 9.67 Å². The summed E-state index contributed by atoms with van der Waals surface area (Å²) in [6.45, 7) is 7.99. The van der Waals surface area contributed by atoms with Gasteiger partial charge in [0.25, 0.3) is 0 Å². The van der Waals surface area contributed by atoms with Crippen LogP contribution in [0.15, 0.2) is 121 Å². The first-order chi connectivity index (χ1) is 21.4. The maximum Gasteiger partial charge on any atom is 0.219 e. The number of hydrogen-bond donors (Lipinski definition) is 0. The Kier molecular flexibility index (Phi) is 6.63. The van der Waals surface area contributed by atoms with Crippen molar-refractivity contribution >= 4 is 57.1 Å². The Hall–Kier alpha value is -5.48. The summed E-state index contributed by atoms with van der Waals surface area (Å²) in [7, 11) is 0. The minimum atomic E-state index is -0.195. The number of carbonyl (C=O) groups is 1. The summed E-state index contributed by atoms with van der Waals surface area (Å²) in [6, 6.07) is 32.6. The molecule has 0 saturated heterocycles. The summed E-state index contributed by atoms with van der Waals surface area (Å²) < 4.78 is 4.29. The van der Waals surface area contributed by atoms with Crippen LogP contribution in [0.4, 0.5) is 11.4 Å². The molecule has 0 radical (unpaired) electrons. The zero-order chi connectivity index (χ0) is 30.5. The summed E-state index contributed by atoms with van der Waals surface area (Å²) in [5.74, 6) is -0.391. The van der Waals surface area contributed by atoms with Gasteiger partial charge >= 0.3 is 0 Å². The number of Topliss-reactive ketones (excluding diaryl/α,β-unsaturated/α-hetero) is 1. The second-order valence-corrected chi connectivity index (χ2v) is 11.2. The average molecular weight is 573 g/mol. The number of nitrogens with zero attached hydrogens (tertiary/aromatic N) is 2. The van der Waals surface area contributed by atoms with Crippen molar-refractivity contribution in [1.29, 1.82) is 0 Å². The minimum Gasteiger partial charge on any atom is -0.871 e. The van der Waals surface area contributed by atoms with E-state index in [0.717, 1.165) is 67.2 Å². The highest BCUT2D eigenvalue weighted by molar-refractivity contribution is 6.47. The van der Waals surface area contributed by atoms with Crippen LogP contribution < -0.4 is 9.68 Å². The molecular weight excluding hydrogens is 540 g/mol. The molecule has 2 aliphatic rings. The molecular formula is C40H32N2O2. The van der Waals surface area contributed by atoms with Crippen LogP contribution in [-0.4, -0.2) is 16.1 Å². The van der Waals surface area contributed by atoms with E-state index < -0.39 is 0 Å². The Morgan fingerprint density at radius 1 is 0.705 bits per heavy atom. The average Bonchev–Trinajstić information content (AvgIpc) is 3.49. The number of carbonyl (C=O) groups excluding carboxylic acids is 1. The topological polar surface area (TPSA) is 48.1 Å². The molecule has 0 bridgehead atoms. The van der Waals surface area contributed by atoms with Crippen molar-refractivity contribution in [3.63, 3.8) is 0 Å². The molecule has 4 heteroatoms. The van der Waals surface area contributed by atoms with Gasteiger partial charge in [-0.2, -0.15) is 4.58 Å². The van der Waals surface area contributed by atoms with E-state index in [-0.39, 0.29) is 22.7 Å². The fourth-order valence-electron chi connectivity index (χ4n) is 6.73. The van der Waals surface area contributed by atoms with Crippen molar-refractivity contribution in [1.82, 2.24) is 9.14 Å². The summed E-state index contributed by atoms with van der Waals surface area (Å²) >= 11 is 0. The third kappa shape index (κ3) is 4.06. The zero-order valence-corrected chi connectivity index (χ0v) is 25.3. The smallest absolute Gasteiger partial charge is 0.219 e. The predicted molar refractivity (Wildman–Crippen MR) is 181 cm³/mol. The van der Waals surface area contributed by atoms with Crippen LogP contribution in [0.2, 0.25) is 0 Å². The van der Waals surface area contributed by atoms with Gasteiger partial charge in [-0.25, -0.2) is 0 Å². The Balaban J connectivity index is 1.41. The van der Waals surface area contributed by atoms with Crippen LogP contribution in [0.25, 0.3) is 39.9 Å². The van der Waals surface area contributed by atoms with Gasteiger partial charge in [-0.1, -0.05) is 72.5 Å². The van der Waals surface area contributed by atoms with E-state index in [1.807, 2.05) is 88.4 Å². The quantitative estimate of drug-likeness (QED) is 0.157. The Bertz CT molecular complexity index is 2150. The monoisotopic (exact) mass is 572 g/mol. The summed E-state index contributed by atoms with van der Waals surface area (Å²) in [5.41, 5.74) is 10.8. The molecule has 5 aromatic rings. The lowest BCUT2D eigenvalue weighted by Gasteiger charge is -2.32. The second kappa shape index (κ2) is 10.7. The van der Waals surface area contributed by atoms with Gasteiger partial charge in [0.05, 0.1) is 16.7 Å². The number of rotatable bonds is 5. The lowest BCUT2D eigenvalue weighted by molar-refractivity contribution is -0.297. The fourth-order valence-corrected chi connectivity index (χ4v) is 6.73. The highest BCUT2D eigenvalue weighted by Gasteiger charge is 2.41. The molecule has 44 heavy (non-hydrogen) atoms. The third-order valence-corrected chi connectivity index (χ3v) is 8.65. The normalized spacial score (nSPS) is 16.6. The number of ketones is 1. The molecule has 1 aromatic heterocycles. The highest BCUT2D eigenvalue weighted by atomic mass is 16.3. The highest BCUT2D eigenvalue weighted by Crippen LogP contribution is 2.47. The van der Waals surface area contributed by atoms with Crippen molar-refractivity contribution in [3.05, 3.63) is 148 Å². The molecule has 214 valence electrons. The molecule has 0 unspecified atom stereocenters. The Labute approximate surface area is 257 Å². The largest absolute Gasteiger partial charge is 0.871 e. The Morgan fingerprint density at radius 2 is 1.32 bits per heavy atom. The summed E-state index contributed by atoms with van der Waals surface area (Å²) in [5, 5.41) is 15.1. The number of hydrogen-bond acceptors (Lipinski definition) is 2. The van der Waals surface area contributed by atoms with Gasteiger partial charge in [0.2, 0.25) is 11.4 Å². The first-order valence-electron chi connectivity index (χ1n) is 14.9. The lowest BCUT2D eigenvalue weighted by Crippen LogP contribution is -2.31. The first-order valence-corrected chi connectivity index (χ1v) is 14.9. The SMILES string of the molecule is C/C=C/c1ccc(-n2c(C)c(C3=C([O-])/C(=C4/C(C)=[N+](c5ccc(/C=C/C)cc5)c5ccccc54)C3=O)c3ccccc32)cc1. The zero-order valence-electron chi connectivity index (χ0n) is 25.3. The van der Waals surface area contributed by atoms with Crippen LogP contribution in [0.1, 0.15) is 48.7 Å². The van der Waals surface area contributed by atoms with E-state index in [1.54, 1.807) is 0 Å². The van der Waals surface area contributed by atoms with Crippen LogP contribution in [-0.2, 0) is 4.79 Å². The van der Waals surface area contributed by atoms with Crippen molar-refractivity contribution in [3.8, 4) is 5.69 Å². The molecule has 4 nitrogen and oxygen atoms in total. The van der Waals surface area contributed by atoms with Crippen molar-refractivity contribution < 1.29 is 9.90 Å². The molecule has 4 aromatic carbocycles. The molecule has 0 N–H and O–H groups in total. The van der Waals surface area contributed by atoms with E-state index in [1.165, 1.54) is 0 Å². The number of aromatic nitrogens is 1. The summed E-state index contributed by atoms with van der Waals surface area (Å²) in [6.07, 6.45) is 8.16. The minimum absolute atomic E-state index is 0.195. The van der Waals surface area contributed by atoms with E-state index in [9.17, 15) is 9.90 Å². The number of fused-ring (bicyclic) bond motifs is 2. The van der Waals surface area contributed by atoms with Crippen LogP contribution in [0, 0.1) is 6.92 Å². The molecule has 1 aliphatic carbocycles. The van der Waals surface area contributed by atoms with Gasteiger partial charge in [0.1, 0.15) is 0 Å². The maximum absolute atomic E-state index is 14.2. The summed E-state index contributed by atoms with van der Waals surface area (Å²) in [4.78, 5) is 14.2. The molecule has 0 saturated carbocycles. The molecule has 1 aliphatic heterocycles. The van der Waals surface area contributed by atoms with Crippen LogP contribution in [0.5, 0.6) is 0 Å².